The van der Waals surface area contributed by atoms with E-state index < -0.39 is 29.1 Å². The number of ether oxygens (including phenoxy) is 1. The fourth-order valence-corrected chi connectivity index (χ4v) is 3.72. The fourth-order valence-electron chi connectivity index (χ4n) is 3.01. The van der Waals surface area contributed by atoms with Crippen LogP contribution in [0.5, 0.6) is 0 Å². The first kappa shape index (κ1) is 18.2. The van der Waals surface area contributed by atoms with E-state index in [1.807, 2.05) is 0 Å². The molecule has 2 heterocycles. The second-order valence-electron chi connectivity index (χ2n) is 6.58. The highest BCUT2D eigenvalue weighted by atomic mass is 32.1. The Morgan fingerprint density at radius 2 is 2.00 bits per heavy atom. The van der Waals surface area contributed by atoms with Crippen LogP contribution in [0.25, 0.3) is 11.3 Å². The monoisotopic (exact) mass is 400 g/mol. The predicted molar refractivity (Wildman–Crippen MR) is 100 cm³/mol. The maximum absolute atomic E-state index is 13.4. The van der Waals surface area contributed by atoms with E-state index in [2.05, 4.69) is 10.3 Å². The van der Waals surface area contributed by atoms with Gasteiger partial charge in [0.25, 0.3) is 5.91 Å². The number of cyclic esters (lactones) is 1. The van der Waals surface area contributed by atoms with Crippen molar-refractivity contribution in [1.82, 2.24) is 4.98 Å². The molecule has 28 heavy (non-hydrogen) atoms. The number of thiazole rings is 1. The molecule has 0 saturated carbocycles. The summed E-state index contributed by atoms with van der Waals surface area (Å²) in [4.78, 5) is 29.2. The highest BCUT2D eigenvalue weighted by Crippen LogP contribution is 2.31. The number of rotatable bonds is 3. The topological polar surface area (TPSA) is 68.3 Å². The van der Waals surface area contributed by atoms with Gasteiger partial charge in [-0.1, -0.05) is 18.2 Å². The summed E-state index contributed by atoms with van der Waals surface area (Å²) >= 11 is 1.13. The molecule has 0 spiro atoms. The molecule has 1 N–H and O–H groups in total. The minimum Gasteiger partial charge on any atom is -0.445 e. The lowest BCUT2D eigenvalue weighted by atomic mass is 9.89. The van der Waals surface area contributed by atoms with Crippen LogP contribution in [-0.2, 0) is 16.0 Å². The van der Waals surface area contributed by atoms with Crippen LogP contribution in [0.3, 0.4) is 0 Å². The Balaban J connectivity index is 1.54. The summed E-state index contributed by atoms with van der Waals surface area (Å²) in [5.41, 5.74) is 0.593. The summed E-state index contributed by atoms with van der Waals surface area (Å²) in [5, 5.41) is 4.53. The lowest BCUT2D eigenvalue weighted by molar-refractivity contribution is -0.134. The number of nitrogens with zero attached hydrogens (tertiary/aromatic N) is 1. The Labute approximate surface area is 163 Å². The average Bonchev–Trinajstić information content (AvgIpc) is 3.12. The molecule has 1 amide bonds. The number of halogens is 2. The van der Waals surface area contributed by atoms with Crippen LogP contribution in [0.2, 0.25) is 0 Å². The van der Waals surface area contributed by atoms with Crippen molar-refractivity contribution in [2.75, 3.05) is 5.32 Å². The molecule has 5 nitrogen and oxygen atoms in total. The highest BCUT2D eigenvalue weighted by molar-refractivity contribution is 7.14. The normalized spacial score (nSPS) is 18.3. The highest BCUT2D eigenvalue weighted by Gasteiger charge is 2.42. The fraction of sp³-hybridized carbons (Fsp3) is 0.150. The van der Waals surface area contributed by atoms with Gasteiger partial charge in [-0.3, -0.25) is 10.1 Å². The molecule has 8 heteroatoms. The second-order valence-corrected chi connectivity index (χ2v) is 7.43. The van der Waals surface area contributed by atoms with Gasteiger partial charge in [0, 0.05) is 17.4 Å². The number of hydrogen-bond acceptors (Lipinski definition) is 5. The van der Waals surface area contributed by atoms with Gasteiger partial charge in [-0.05, 0) is 36.8 Å². The Morgan fingerprint density at radius 3 is 2.79 bits per heavy atom. The van der Waals surface area contributed by atoms with E-state index in [1.54, 1.807) is 36.6 Å². The molecule has 0 saturated heterocycles. The van der Waals surface area contributed by atoms with Gasteiger partial charge in [-0.25, -0.2) is 18.6 Å². The number of esters is 1. The maximum Gasteiger partial charge on any atom is 0.339 e. The third kappa shape index (κ3) is 3.27. The first-order valence-corrected chi connectivity index (χ1v) is 9.27. The van der Waals surface area contributed by atoms with Crippen LogP contribution < -0.4 is 5.32 Å². The van der Waals surface area contributed by atoms with E-state index in [1.165, 1.54) is 6.07 Å². The minimum atomic E-state index is -1.38. The van der Waals surface area contributed by atoms with Crippen LogP contribution in [0.15, 0.2) is 47.8 Å². The molecule has 0 aliphatic carbocycles. The van der Waals surface area contributed by atoms with Gasteiger partial charge in [-0.15, -0.1) is 11.3 Å². The molecule has 4 rings (SSSR count). The lowest BCUT2D eigenvalue weighted by Gasteiger charge is -2.32. The number of fused-ring (bicyclic) bond motifs is 1. The summed E-state index contributed by atoms with van der Waals surface area (Å²) in [6.45, 7) is 1.54. The zero-order chi connectivity index (χ0) is 19.9. The van der Waals surface area contributed by atoms with Crippen LogP contribution in [0.1, 0.15) is 22.8 Å². The second kappa shape index (κ2) is 6.79. The molecule has 0 bridgehead atoms. The van der Waals surface area contributed by atoms with E-state index >= 15 is 0 Å². The molecule has 142 valence electrons. The molecule has 1 aliphatic rings. The number of amides is 1. The number of benzene rings is 2. The van der Waals surface area contributed by atoms with Crippen molar-refractivity contribution in [2.45, 2.75) is 18.9 Å². The zero-order valence-electron chi connectivity index (χ0n) is 14.7. The van der Waals surface area contributed by atoms with Gasteiger partial charge in [0.15, 0.2) is 22.4 Å². The van der Waals surface area contributed by atoms with Crippen molar-refractivity contribution in [2.24, 2.45) is 0 Å². The number of hydrogen-bond donors (Lipinski definition) is 1. The number of carbonyl (C=O) groups excluding carboxylic acids is 2. The van der Waals surface area contributed by atoms with E-state index in [0.717, 1.165) is 29.0 Å². The van der Waals surface area contributed by atoms with Gasteiger partial charge in [0.2, 0.25) is 0 Å². The van der Waals surface area contributed by atoms with Crippen LogP contribution in [-0.4, -0.2) is 22.5 Å². The summed E-state index contributed by atoms with van der Waals surface area (Å²) in [7, 11) is 0. The zero-order valence-corrected chi connectivity index (χ0v) is 15.5. The van der Waals surface area contributed by atoms with Crippen molar-refractivity contribution >= 4 is 28.3 Å². The SMILES string of the molecule is CC1(C(=O)Nc2nc(-c3ccc(F)c(F)c3)cs2)Cc2ccccc2C(=O)O1. The quantitative estimate of drug-likeness (QED) is 0.669. The molecule has 1 atom stereocenters. The minimum absolute atomic E-state index is 0.238. The first-order valence-electron chi connectivity index (χ1n) is 8.39. The molecule has 0 radical (unpaired) electrons. The molecular weight excluding hydrogens is 386 g/mol. The molecule has 1 aromatic heterocycles. The number of aromatic nitrogens is 1. The van der Waals surface area contributed by atoms with Crippen LogP contribution in [0, 0.1) is 11.6 Å². The Bertz CT molecular complexity index is 1100. The lowest BCUT2D eigenvalue weighted by Crippen LogP contribution is -2.48. The first-order chi connectivity index (χ1) is 13.4. The van der Waals surface area contributed by atoms with Crippen molar-refractivity contribution in [1.29, 1.82) is 0 Å². The van der Waals surface area contributed by atoms with Crippen molar-refractivity contribution in [3.05, 3.63) is 70.6 Å². The summed E-state index contributed by atoms with van der Waals surface area (Å²) in [6.07, 6.45) is 0.238. The Morgan fingerprint density at radius 1 is 1.21 bits per heavy atom. The number of nitrogens with one attached hydrogen (secondary N) is 1. The van der Waals surface area contributed by atoms with Gasteiger partial charge in [0.05, 0.1) is 11.3 Å². The molecule has 2 aromatic carbocycles. The van der Waals surface area contributed by atoms with Crippen molar-refractivity contribution in [3.63, 3.8) is 0 Å². The maximum atomic E-state index is 13.4. The smallest absolute Gasteiger partial charge is 0.339 e. The van der Waals surface area contributed by atoms with Gasteiger partial charge < -0.3 is 4.74 Å². The van der Waals surface area contributed by atoms with Gasteiger partial charge in [0.1, 0.15) is 0 Å². The van der Waals surface area contributed by atoms with Gasteiger partial charge in [-0.2, -0.15) is 0 Å². The molecule has 1 unspecified atom stereocenters. The predicted octanol–water partition coefficient (Wildman–Crippen LogP) is 4.20. The largest absolute Gasteiger partial charge is 0.445 e. The Hall–Kier alpha value is -3.13. The average molecular weight is 400 g/mol. The van der Waals surface area contributed by atoms with Crippen molar-refractivity contribution < 1.29 is 23.1 Å². The molecular formula is C20H14F2N2O3S. The van der Waals surface area contributed by atoms with E-state index in [-0.39, 0.29) is 11.6 Å². The number of carbonyl (C=O) groups is 2. The summed E-state index contributed by atoms with van der Waals surface area (Å²) in [6, 6.07) is 10.4. The van der Waals surface area contributed by atoms with E-state index in [0.29, 0.717) is 16.8 Å². The van der Waals surface area contributed by atoms with Crippen molar-refractivity contribution in [3.8, 4) is 11.3 Å². The van der Waals surface area contributed by atoms with Crippen LogP contribution in [0.4, 0.5) is 13.9 Å². The number of anilines is 1. The van der Waals surface area contributed by atoms with Gasteiger partial charge >= 0.3 is 5.97 Å². The summed E-state index contributed by atoms with van der Waals surface area (Å²) in [5.74, 6) is -2.99. The van der Waals surface area contributed by atoms with E-state index in [4.69, 9.17) is 4.74 Å². The van der Waals surface area contributed by atoms with Crippen LogP contribution >= 0.6 is 11.3 Å². The molecule has 1 aliphatic heterocycles. The molecule has 3 aromatic rings. The third-order valence-corrected chi connectivity index (χ3v) is 5.26. The molecule has 0 fully saturated rings. The third-order valence-electron chi connectivity index (χ3n) is 4.50. The van der Waals surface area contributed by atoms with E-state index in [9.17, 15) is 18.4 Å². The summed E-state index contributed by atoms with van der Waals surface area (Å²) < 4.78 is 31.9. The Kier molecular flexibility index (Phi) is 4.43. The standard InChI is InChI=1S/C20H14F2N2O3S/c1-20(9-12-4-2-3-5-13(12)17(25)27-20)18(26)24-19-23-16(10-28-19)11-6-7-14(21)15(22)8-11/h2-8,10H,9H2,1H3,(H,23,24,26).